The number of halogens is 1. The van der Waals surface area contributed by atoms with E-state index < -0.39 is 24.5 Å². The Labute approximate surface area is 193 Å². The van der Waals surface area contributed by atoms with Crippen LogP contribution in [0.4, 0.5) is 21.0 Å². The maximum atomic E-state index is 14.9. The molecule has 34 heavy (non-hydrogen) atoms. The monoisotopic (exact) mass is 467 g/mol. The van der Waals surface area contributed by atoms with Crippen LogP contribution in [0.15, 0.2) is 43.2 Å². The van der Waals surface area contributed by atoms with E-state index in [1.807, 2.05) is 6.07 Å². The normalized spacial score (nSPS) is 20.1. The smallest absolute Gasteiger partial charge is 0.407 e. The molecule has 0 bridgehead atoms. The molecule has 4 aromatic heterocycles. The van der Waals surface area contributed by atoms with E-state index >= 15 is 0 Å². The minimum absolute atomic E-state index is 0.0580. The maximum Gasteiger partial charge on any atom is 0.407 e. The second kappa shape index (κ2) is 9.02. The van der Waals surface area contributed by atoms with Crippen LogP contribution in [0.5, 0.6) is 0 Å². The van der Waals surface area contributed by atoms with Gasteiger partial charge in [0, 0.05) is 48.5 Å². The van der Waals surface area contributed by atoms with E-state index in [2.05, 4.69) is 40.8 Å². The average molecular weight is 467 g/mol. The summed E-state index contributed by atoms with van der Waals surface area (Å²) in [6.45, 7) is 3.52. The van der Waals surface area contributed by atoms with Crippen molar-refractivity contribution in [2.75, 3.05) is 11.9 Å². The number of nitrogens with zero attached hydrogens (tertiary/aromatic N) is 6. The van der Waals surface area contributed by atoms with Gasteiger partial charge >= 0.3 is 6.09 Å². The number of alkyl halides is 1. The summed E-state index contributed by atoms with van der Waals surface area (Å²) in [5.41, 5.74) is 2.42. The number of carbonyl (C=O) groups is 1. The van der Waals surface area contributed by atoms with Gasteiger partial charge in [-0.05, 0) is 13.8 Å². The van der Waals surface area contributed by atoms with Gasteiger partial charge in [-0.15, -0.1) is 0 Å². The Bertz CT molecular complexity index is 1290. The van der Waals surface area contributed by atoms with Crippen LogP contribution < -0.4 is 10.6 Å². The predicted molar refractivity (Wildman–Crippen MR) is 118 cm³/mol. The van der Waals surface area contributed by atoms with Crippen LogP contribution in [-0.2, 0) is 9.47 Å². The number of alkyl carbamates (subject to hydrolysis) is 1. The first-order valence-electron chi connectivity index (χ1n) is 10.6. The number of amides is 1. The number of H-pyrrole nitrogens is 1. The fourth-order valence-corrected chi connectivity index (χ4v) is 3.60. The van der Waals surface area contributed by atoms with Gasteiger partial charge in [-0.2, -0.15) is 5.10 Å². The fourth-order valence-electron chi connectivity index (χ4n) is 3.60. The van der Waals surface area contributed by atoms with Gasteiger partial charge in [0.25, 0.3) is 0 Å². The molecule has 1 aliphatic rings. The third kappa shape index (κ3) is 4.37. The van der Waals surface area contributed by atoms with Crippen molar-refractivity contribution in [3.05, 3.63) is 48.9 Å². The van der Waals surface area contributed by atoms with Gasteiger partial charge in [0.1, 0.15) is 18.1 Å². The molecule has 0 saturated carbocycles. The van der Waals surface area contributed by atoms with Crippen molar-refractivity contribution >= 4 is 23.5 Å². The number of aromatic nitrogens is 7. The molecule has 0 aliphatic carbocycles. The van der Waals surface area contributed by atoms with Gasteiger partial charge in [0.15, 0.2) is 18.1 Å². The van der Waals surface area contributed by atoms with Crippen molar-refractivity contribution in [2.45, 2.75) is 38.3 Å². The highest BCUT2D eigenvalue weighted by Gasteiger charge is 2.42. The lowest BCUT2D eigenvalue weighted by molar-refractivity contribution is 0.0615. The maximum absolute atomic E-state index is 14.9. The standard InChI is InChI=1S/C21H22FN9O3/c1-11(2)26-21(32)34-15-9-33-19(18(15)22)14-5-16(30-29-14)28-20-27-13(12-7-23-10-24-8-12)6-17-25-3-4-31(17)20/h3-8,10-11,15,18-19H,9H2,1-2H3,(H,26,32)(H2,27,28,29,30)/t15-,18-,19-/m1/s1. The van der Waals surface area contributed by atoms with E-state index in [0.29, 0.717) is 28.8 Å². The van der Waals surface area contributed by atoms with Gasteiger partial charge < -0.3 is 20.1 Å². The third-order valence-electron chi connectivity index (χ3n) is 5.14. The Kier molecular flexibility index (Phi) is 5.76. The number of hydrogen-bond acceptors (Lipinski definition) is 9. The summed E-state index contributed by atoms with van der Waals surface area (Å²) in [6, 6.07) is 3.32. The number of fused-ring (bicyclic) bond motifs is 1. The van der Waals surface area contributed by atoms with Crippen molar-refractivity contribution in [1.29, 1.82) is 0 Å². The molecular weight excluding hydrogens is 445 g/mol. The average Bonchev–Trinajstić information content (AvgIpc) is 3.55. The number of rotatable bonds is 6. The molecule has 5 heterocycles. The topological polar surface area (TPSA) is 144 Å². The molecule has 176 valence electrons. The Balaban J connectivity index is 1.33. The van der Waals surface area contributed by atoms with Crippen LogP contribution in [0.3, 0.4) is 0 Å². The predicted octanol–water partition coefficient (Wildman–Crippen LogP) is 2.57. The number of anilines is 2. The van der Waals surface area contributed by atoms with Gasteiger partial charge in [-0.25, -0.2) is 29.1 Å². The van der Waals surface area contributed by atoms with Gasteiger partial charge in [-0.3, -0.25) is 9.50 Å². The molecule has 12 nitrogen and oxygen atoms in total. The fraction of sp³-hybridized carbons (Fsp3) is 0.333. The lowest BCUT2D eigenvalue weighted by Gasteiger charge is -2.16. The zero-order chi connectivity index (χ0) is 23.7. The Hall–Kier alpha value is -4.13. The number of ether oxygens (including phenoxy) is 2. The molecule has 0 spiro atoms. The van der Waals surface area contributed by atoms with E-state index in [0.717, 1.165) is 5.56 Å². The number of hydrogen-bond donors (Lipinski definition) is 3. The molecule has 3 N–H and O–H groups in total. The van der Waals surface area contributed by atoms with Crippen LogP contribution in [0.1, 0.15) is 25.6 Å². The third-order valence-corrected chi connectivity index (χ3v) is 5.14. The zero-order valence-electron chi connectivity index (χ0n) is 18.3. The van der Waals surface area contributed by atoms with Crippen LogP contribution in [0, 0.1) is 0 Å². The highest BCUT2D eigenvalue weighted by atomic mass is 19.1. The minimum atomic E-state index is -1.55. The molecule has 0 aromatic carbocycles. The summed E-state index contributed by atoms with van der Waals surface area (Å²) < 4.78 is 27.4. The quantitative estimate of drug-likeness (QED) is 0.390. The molecule has 0 unspecified atom stereocenters. The second-order valence-electron chi connectivity index (χ2n) is 8.02. The highest BCUT2D eigenvalue weighted by Crippen LogP contribution is 2.33. The van der Waals surface area contributed by atoms with Crippen molar-refractivity contribution in [3.63, 3.8) is 0 Å². The molecule has 5 rings (SSSR count). The first kappa shape index (κ1) is 21.7. The van der Waals surface area contributed by atoms with Gasteiger partial charge in [-0.1, -0.05) is 0 Å². The molecule has 1 saturated heterocycles. The SMILES string of the molecule is CC(C)NC(=O)O[C@@H]1CO[C@H](c2cc(Nc3nc(-c4cncnc4)cc4nccn34)n[nH]2)[C@@H]1F. The van der Waals surface area contributed by atoms with Crippen molar-refractivity contribution in [3.8, 4) is 11.3 Å². The number of nitrogens with one attached hydrogen (secondary N) is 3. The summed E-state index contributed by atoms with van der Waals surface area (Å²) in [4.78, 5) is 28.9. The summed E-state index contributed by atoms with van der Waals surface area (Å²) in [5.74, 6) is 0.847. The van der Waals surface area contributed by atoms with E-state index in [-0.39, 0.29) is 12.6 Å². The summed E-state index contributed by atoms with van der Waals surface area (Å²) >= 11 is 0. The Morgan fingerprint density at radius 3 is 2.94 bits per heavy atom. The Morgan fingerprint density at radius 2 is 2.15 bits per heavy atom. The molecule has 13 heteroatoms. The zero-order valence-corrected chi connectivity index (χ0v) is 18.3. The number of imidazole rings is 1. The van der Waals surface area contributed by atoms with E-state index in [1.54, 1.807) is 49.1 Å². The van der Waals surface area contributed by atoms with Crippen LogP contribution in [-0.4, -0.2) is 65.6 Å². The summed E-state index contributed by atoms with van der Waals surface area (Å²) in [6.07, 6.45) is 3.97. The first-order valence-corrected chi connectivity index (χ1v) is 10.6. The molecule has 1 aliphatic heterocycles. The molecule has 4 aromatic rings. The van der Waals surface area contributed by atoms with Crippen LogP contribution in [0.2, 0.25) is 0 Å². The molecule has 3 atom stereocenters. The van der Waals surface area contributed by atoms with E-state index in [4.69, 9.17) is 9.47 Å². The molecule has 1 fully saturated rings. The Morgan fingerprint density at radius 1 is 1.32 bits per heavy atom. The minimum Gasteiger partial charge on any atom is -0.441 e. The van der Waals surface area contributed by atoms with Crippen LogP contribution >= 0.6 is 0 Å². The summed E-state index contributed by atoms with van der Waals surface area (Å²) in [5, 5.41) is 12.7. The van der Waals surface area contributed by atoms with E-state index in [1.165, 1.54) is 6.33 Å². The van der Waals surface area contributed by atoms with Gasteiger partial charge in [0.2, 0.25) is 5.95 Å². The van der Waals surface area contributed by atoms with Crippen molar-refractivity contribution in [1.82, 2.24) is 39.9 Å². The largest absolute Gasteiger partial charge is 0.441 e. The lowest BCUT2D eigenvalue weighted by atomic mass is 10.1. The van der Waals surface area contributed by atoms with E-state index in [9.17, 15) is 9.18 Å². The molecular formula is C21H22FN9O3. The number of carbonyl (C=O) groups excluding carboxylic acids is 1. The lowest BCUT2D eigenvalue weighted by Crippen LogP contribution is -2.36. The summed E-state index contributed by atoms with van der Waals surface area (Å²) in [7, 11) is 0. The molecule has 1 amide bonds. The van der Waals surface area contributed by atoms with Crippen molar-refractivity contribution < 1.29 is 18.7 Å². The second-order valence-corrected chi connectivity index (χ2v) is 8.02. The highest BCUT2D eigenvalue weighted by molar-refractivity contribution is 5.68. The van der Waals surface area contributed by atoms with Crippen LogP contribution in [0.25, 0.3) is 16.9 Å². The number of aromatic amines is 1. The first-order chi connectivity index (χ1) is 16.5. The van der Waals surface area contributed by atoms with Crippen molar-refractivity contribution in [2.24, 2.45) is 0 Å². The van der Waals surface area contributed by atoms with Gasteiger partial charge in [0.05, 0.1) is 18.0 Å². The molecule has 0 radical (unpaired) electrons.